The summed E-state index contributed by atoms with van der Waals surface area (Å²) in [7, 11) is -0.463. The number of nitrogens with zero attached hydrogens (tertiary/aromatic N) is 1. The van der Waals surface area contributed by atoms with Crippen molar-refractivity contribution in [3.63, 3.8) is 0 Å². The second-order valence-electron chi connectivity index (χ2n) is 5.09. The van der Waals surface area contributed by atoms with E-state index in [0.717, 1.165) is 10.1 Å². The van der Waals surface area contributed by atoms with Crippen molar-refractivity contribution in [1.82, 2.24) is 4.31 Å². The number of nitrogens with one attached hydrogen (secondary N) is 1. The van der Waals surface area contributed by atoms with Crippen LogP contribution in [0.15, 0.2) is 24.3 Å². The fraction of sp³-hybridized carbons (Fsp3) is 0.500. The van der Waals surface area contributed by atoms with Gasteiger partial charge in [-0.15, -0.1) is 0 Å². The van der Waals surface area contributed by atoms with Gasteiger partial charge >= 0.3 is 0 Å². The molecule has 0 aliphatic heterocycles. The van der Waals surface area contributed by atoms with Gasteiger partial charge in [0.05, 0.1) is 11.9 Å². The van der Waals surface area contributed by atoms with Crippen LogP contribution in [0.1, 0.15) is 20.3 Å². The molecule has 0 aromatic heterocycles. The van der Waals surface area contributed by atoms with Gasteiger partial charge in [0.2, 0.25) is 15.9 Å². The lowest BCUT2D eigenvalue weighted by Crippen LogP contribution is -2.27. The largest absolute Gasteiger partial charge is 0.491 e. The van der Waals surface area contributed by atoms with E-state index in [1.54, 1.807) is 24.3 Å². The van der Waals surface area contributed by atoms with Gasteiger partial charge in [0.15, 0.2) is 0 Å². The first-order valence-electron chi connectivity index (χ1n) is 6.67. The van der Waals surface area contributed by atoms with Crippen molar-refractivity contribution in [1.29, 1.82) is 0 Å². The first kappa shape index (κ1) is 17.5. The third kappa shape index (κ3) is 6.14. The number of benzene rings is 1. The average molecular weight is 314 g/mol. The molecule has 0 radical (unpaired) electrons. The van der Waals surface area contributed by atoms with E-state index in [0.29, 0.717) is 5.69 Å². The summed E-state index contributed by atoms with van der Waals surface area (Å²) < 4.78 is 29.7. The second-order valence-corrected chi connectivity index (χ2v) is 7.39. The molecule has 0 atom stereocenters. The first-order chi connectivity index (χ1) is 9.70. The Morgan fingerprint density at radius 2 is 1.81 bits per heavy atom. The van der Waals surface area contributed by atoms with Crippen molar-refractivity contribution in [2.45, 2.75) is 26.4 Å². The maximum absolute atomic E-state index is 11.7. The highest BCUT2D eigenvalue weighted by atomic mass is 32.2. The van der Waals surface area contributed by atoms with Crippen LogP contribution in [-0.4, -0.2) is 44.6 Å². The number of amides is 1. The summed E-state index contributed by atoms with van der Waals surface area (Å²) in [6.45, 7) is 3.86. The zero-order valence-electron chi connectivity index (χ0n) is 12.8. The summed E-state index contributed by atoms with van der Waals surface area (Å²) >= 11 is 0. The van der Waals surface area contributed by atoms with Crippen LogP contribution in [0.2, 0.25) is 0 Å². The van der Waals surface area contributed by atoms with Crippen molar-refractivity contribution in [2.75, 3.05) is 25.2 Å². The minimum Gasteiger partial charge on any atom is -0.491 e. The Morgan fingerprint density at radius 1 is 1.24 bits per heavy atom. The molecule has 1 aromatic rings. The van der Waals surface area contributed by atoms with E-state index < -0.39 is 10.0 Å². The predicted molar refractivity (Wildman–Crippen MR) is 82.9 cm³/mol. The summed E-state index contributed by atoms with van der Waals surface area (Å²) in [4.78, 5) is 11.7. The van der Waals surface area contributed by atoms with Crippen molar-refractivity contribution in [3.8, 4) is 5.75 Å². The lowest BCUT2D eigenvalue weighted by molar-refractivity contribution is -0.115. The van der Waals surface area contributed by atoms with E-state index in [9.17, 15) is 13.2 Å². The van der Waals surface area contributed by atoms with E-state index in [1.807, 2.05) is 13.8 Å². The second kappa shape index (κ2) is 7.42. The van der Waals surface area contributed by atoms with Gasteiger partial charge in [-0.05, 0) is 38.1 Å². The third-order valence-corrected chi connectivity index (χ3v) is 4.49. The monoisotopic (exact) mass is 314 g/mol. The maximum atomic E-state index is 11.7. The molecule has 0 aliphatic carbocycles. The van der Waals surface area contributed by atoms with Gasteiger partial charge in [-0.25, -0.2) is 12.7 Å². The number of carbonyl (C=O) groups excluding carboxylic acids is 1. The highest BCUT2D eigenvalue weighted by Gasteiger charge is 2.15. The van der Waals surface area contributed by atoms with Crippen LogP contribution in [-0.2, 0) is 14.8 Å². The smallest absolute Gasteiger partial charge is 0.225 e. The molecule has 1 rings (SSSR count). The molecule has 1 N–H and O–H groups in total. The van der Waals surface area contributed by atoms with Crippen LogP contribution in [0.4, 0.5) is 5.69 Å². The molecule has 21 heavy (non-hydrogen) atoms. The Hall–Kier alpha value is -1.60. The van der Waals surface area contributed by atoms with Crippen molar-refractivity contribution >= 4 is 21.6 Å². The summed E-state index contributed by atoms with van der Waals surface area (Å²) in [5.74, 6) is 0.177. The molecule has 0 heterocycles. The van der Waals surface area contributed by atoms with Gasteiger partial charge in [0.1, 0.15) is 5.75 Å². The van der Waals surface area contributed by atoms with Crippen molar-refractivity contribution < 1.29 is 17.9 Å². The van der Waals surface area contributed by atoms with E-state index in [4.69, 9.17) is 4.74 Å². The Morgan fingerprint density at radius 3 is 2.29 bits per heavy atom. The minimum atomic E-state index is -3.35. The molecule has 0 saturated heterocycles. The normalized spacial score (nSPS) is 11.7. The van der Waals surface area contributed by atoms with Crippen LogP contribution in [0, 0.1) is 0 Å². The molecule has 0 saturated carbocycles. The maximum Gasteiger partial charge on any atom is 0.225 e. The Labute approximate surface area is 126 Å². The third-order valence-electron chi connectivity index (χ3n) is 2.65. The zero-order chi connectivity index (χ0) is 16.0. The molecule has 6 nitrogen and oxygen atoms in total. The molecular weight excluding hydrogens is 292 g/mol. The molecule has 7 heteroatoms. The number of carbonyl (C=O) groups is 1. The number of hydrogen-bond donors (Lipinski definition) is 1. The number of sulfonamides is 1. The number of hydrogen-bond acceptors (Lipinski definition) is 4. The van der Waals surface area contributed by atoms with Gasteiger partial charge in [-0.2, -0.15) is 0 Å². The SMILES string of the molecule is CC(C)Oc1ccc(NC(=O)CCS(=O)(=O)N(C)C)cc1. The fourth-order valence-electron chi connectivity index (χ4n) is 1.52. The lowest BCUT2D eigenvalue weighted by Gasteiger charge is -2.12. The highest BCUT2D eigenvalue weighted by Crippen LogP contribution is 2.17. The van der Waals surface area contributed by atoms with Crippen LogP contribution in [0.25, 0.3) is 0 Å². The van der Waals surface area contributed by atoms with Gasteiger partial charge < -0.3 is 10.1 Å². The Bertz CT molecular complexity index is 565. The van der Waals surface area contributed by atoms with E-state index in [2.05, 4.69) is 5.32 Å². The van der Waals surface area contributed by atoms with Crippen LogP contribution in [0.3, 0.4) is 0 Å². The standard InChI is InChI=1S/C14H22N2O4S/c1-11(2)20-13-7-5-12(6-8-13)15-14(17)9-10-21(18,19)16(3)4/h5-8,11H,9-10H2,1-4H3,(H,15,17). The summed E-state index contributed by atoms with van der Waals surface area (Å²) in [5.41, 5.74) is 0.610. The Balaban J connectivity index is 2.52. The number of ether oxygens (including phenoxy) is 1. The number of anilines is 1. The molecule has 118 valence electrons. The molecule has 1 amide bonds. The summed E-state index contributed by atoms with van der Waals surface area (Å²) in [6, 6.07) is 6.95. The van der Waals surface area contributed by atoms with Crippen LogP contribution < -0.4 is 10.1 Å². The molecule has 1 aromatic carbocycles. The van der Waals surface area contributed by atoms with Gasteiger partial charge in [0, 0.05) is 26.2 Å². The fourth-order valence-corrected chi connectivity index (χ4v) is 2.33. The average Bonchev–Trinajstić information content (AvgIpc) is 2.38. The van der Waals surface area contributed by atoms with Crippen LogP contribution >= 0.6 is 0 Å². The van der Waals surface area contributed by atoms with Gasteiger partial charge in [0.25, 0.3) is 0 Å². The van der Waals surface area contributed by atoms with Crippen LogP contribution in [0.5, 0.6) is 5.75 Å². The molecule has 0 fully saturated rings. The minimum absolute atomic E-state index is 0.0786. The quantitative estimate of drug-likeness (QED) is 0.831. The van der Waals surface area contributed by atoms with Crippen molar-refractivity contribution in [2.24, 2.45) is 0 Å². The van der Waals surface area contributed by atoms with Gasteiger partial charge in [-0.3, -0.25) is 4.79 Å². The van der Waals surface area contributed by atoms with E-state index in [1.165, 1.54) is 14.1 Å². The molecule has 0 bridgehead atoms. The predicted octanol–water partition coefficient (Wildman–Crippen LogP) is 1.69. The van der Waals surface area contributed by atoms with Gasteiger partial charge in [-0.1, -0.05) is 0 Å². The Kier molecular flexibility index (Phi) is 6.17. The summed E-state index contributed by atoms with van der Waals surface area (Å²) in [6.07, 6.45) is 0.00628. The summed E-state index contributed by atoms with van der Waals surface area (Å²) in [5, 5.41) is 2.66. The lowest BCUT2D eigenvalue weighted by atomic mass is 10.3. The van der Waals surface area contributed by atoms with Crippen molar-refractivity contribution in [3.05, 3.63) is 24.3 Å². The molecule has 0 unspecified atom stereocenters. The van der Waals surface area contributed by atoms with E-state index >= 15 is 0 Å². The van der Waals surface area contributed by atoms with E-state index in [-0.39, 0.29) is 24.2 Å². The number of rotatable bonds is 7. The molecular formula is C14H22N2O4S. The zero-order valence-corrected chi connectivity index (χ0v) is 13.6. The highest BCUT2D eigenvalue weighted by molar-refractivity contribution is 7.89. The topological polar surface area (TPSA) is 75.7 Å². The molecule has 0 aliphatic rings. The first-order valence-corrected chi connectivity index (χ1v) is 8.28. The molecule has 0 spiro atoms.